The molecule has 41 heavy (non-hydrogen) atoms. The molecule has 0 bridgehead atoms. The molecule has 12 nitrogen and oxygen atoms in total. The van der Waals surface area contributed by atoms with Gasteiger partial charge in [-0.1, -0.05) is 29.8 Å². The van der Waals surface area contributed by atoms with E-state index in [0.29, 0.717) is 17.2 Å². The predicted molar refractivity (Wildman–Crippen MR) is 163 cm³/mol. The van der Waals surface area contributed by atoms with E-state index in [9.17, 15) is 9.59 Å². The van der Waals surface area contributed by atoms with Crippen molar-refractivity contribution in [2.45, 2.75) is 0 Å². The first kappa shape index (κ1) is 29.7. The van der Waals surface area contributed by atoms with Gasteiger partial charge in [-0.2, -0.15) is 0 Å². The van der Waals surface area contributed by atoms with Crippen LogP contribution >= 0.6 is 23.2 Å². The fraction of sp³-hybridized carbons (Fsp3) is 0.259. The van der Waals surface area contributed by atoms with Crippen LogP contribution in [0.15, 0.2) is 49.3 Å². The van der Waals surface area contributed by atoms with Crippen LogP contribution in [0.5, 0.6) is 11.5 Å². The summed E-state index contributed by atoms with van der Waals surface area (Å²) in [5.41, 5.74) is 2.25. The molecule has 1 aliphatic heterocycles. The van der Waals surface area contributed by atoms with Crippen LogP contribution in [0, 0.1) is 0 Å². The monoisotopic (exact) mass is 600 g/mol. The number of carbonyl (C=O) groups excluding carboxylic acids is 2. The molecule has 0 aliphatic carbocycles. The maximum absolute atomic E-state index is 13.2. The van der Waals surface area contributed by atoms with Crippen LogP contribution in [0.2, 0.25) is 10.0 Å². The zero-order chi connectivity index (χ0) is 29.5. The van der Waals surface area contributed by atoms with E-state index in [4.69, 9.17) is 32.7 Å². The highest BCUT2D eigenvalue weighted by Gasteiger charge is 2.22. The SMILES string of the molecule is C=CC(=O)Nc1cc(N2CCNCC2)ccc1Nc1cc(N(C)C(=O)Nc2c(Cl)c(OC)cc(OC)c2Cl)ncn1. The van der Waals surface area contributed by atoms with Crippen molar-refractivity contribution >= 4 is 69.5 Å². The molecule has 1 aromatic heterocycles. The number of benzene rings is 2. The molecule has 0 unspecified atom stereocenters. The molecule has 216 valence electrons. The number of anilines is 6. The summed E-state index contributed by atoms with van der Waals surface area (Å²) in [5.74, 6) is 0.870. The van der Waals surface area contributed by atoms with Gasteiger partial charge in [0.05, 0.1) is 31.3 Å². The summed E-state index contributed by atoms with van der Waals surface area (Å²) in [7, 11) is 4.40. The molecular weight excluding hydrogens is 571 g/mol. The summed E-state index contributed by atoms with van der Waals surface area (Å²) in [6.45, 7) is 7.00. The number of piperazine rings is 1. The minimum atomic E-state index is -0.576. The fourth-order valence-electron chi connectivity index (χ4n) is 4.08. The number of halogens is 2. The van der Waals surface area contributed by atoms with Gasteiger partial charge in [0.15, 0.2) is 0 Å². The lowest BCUT2D eigenvalue weighted by Crippen LogP contribution is -2.43. The van der Waals surface area contributed by atoms with Crippen LogP contribution in [0.1, 0.15) is 0 Å². The van der Waals surface area contributed by atoms with E-state index in [-0.39, 0.29) is 39.0 Å². The van der Waals surface area contributed by atoms with Gasteiger partial charge in [-0.25, -0.2) is 14.8 Å². The third-order valence-corrected chi connectivity index (χ3v) is 7.05. The van der Waals surface area contributed by atoms with Gasteiger partial charge < -0.3 is 35.6 Å². The van der Waals surface area contributed by atoms with Crippen molar-refractivity contribution in [3.63, 3.8) is 0 Å². The molecule has 3 aromatic rings. The van der Waals surface area contributed by atoms with Crippen molar-refractivity contribution in [2.75, 3.05) is 73.2 Å². The summed E-state index contributed by atoms with van der Waals surface area (Å²) in [4.78, 5) is 37.3. The molecule has 14 heteroatoms. The number of carbonyl (C=O) groups is 2. The highest BCUT2D eigenvalue weighted by atomic mass is 35.5. The van der Waals surface area contributed by atoms with Crippen molar-refractivity contribution < 1.29 is 19.1 Å². The van der Waals surface area contributed by atoms with E-state index in [1.807, 2.05) is 18.2 Å². The molecule has 0 saturated carbocycles. The van der Waals surface area contributed by atoms with Crippen molar-refractivity contribution in [2.24, 2.45) is 0 Å². The van der Waals surface area contributed by atoms with Crippen LogP contribution in [0.25, 0.3) is 0 Å². The van der Waals surface area contributed by atoms with E-state index < -0.39 is 6.03 Å². The smallest absolute Gasteiger partial charge is 0.327 e. The Morgan fingerprint density at radius 1 is 1.02 bits per heavy atom. The van der Waals surface area contributed by atoms with Gasteiger partial charge in [0.1, 0.15) is 39.5 Å². The van der Waals surface area contributed by atoms with Gasteiger partial charge >= 0.3 is 6.03 Å². The summed E-state index contributed by atoms with van der Waals surface area (Å²) in [6, 6.07) is 8.25. The maximum Gasteiger partial charge on any atom is 0.327 e. The summed E-state index contributed by atoms with van der Waals surface area (Å²) >= 11 is 12.8. The average molecular weight is 601 g/mol. The normalized spacial score (nSPS) is 12.8. The van der Waals surface area contributed by atoms with E-state index >= 15 is 0 Å². The van der Waals surface area contributed by atoms with Crippen LogP contribution in [-0.4, -0.2) is 69.4 Å². The number of nitrogens with one attached hydrogen (secondary N) is 4. The van der Waals surface area contributed by atoms with Crippen molar-refractivity contribution in [1.82, 2.24) is 15.3 Å². The second kappa shape index (κ2) is 13.4. The second-order valence-electron chi connectivity index (χ2n) is 8.82. The fourth-order valence-corrected chi connectivity index (χ4v) is 4.67. The molecule has 1 aliphatic rings. The Morgan fingerprint density at radius 2 is 1.71 bits per heavy atom. The van der Waals surface area contributed by atoms with Gasteiger partial charge in [0.25, 0.3) is 0 Å². The number of hydrogen-bond donors (Lipinski definition) is 4. The third-order valence-electron chi connectivity index (χ3n) is 6.30. The highest BCUT2D eigenvalue weighted by molar-refractivity contribution is 6.41. The van der Waals surface area contributed by atoms with E-state index in [0.717, 1.165) is 31.9 Å². The lowest BCUT2D eigenvalue weighted by Gasteiger charge is -2.30. The second-order valence-corrected chi connectivity index (χ2v) is 9.58. The molecule has 2 heterocycles. The molecule has 3 amide bonds. The number of nitrogens with zero attached hydrogens (tertiary/aromatic N) is 4. The minimum absolute atomic E-state index is 0.114. The van der Waals surface area contributed by atoms with Crippen molar-refractivity contribution in [3.05, 3.63) is 59.4 Å². The molecule has 1 saturated heterocycles. The van der Waals surface area contributed by atoms with Crippen LogP contribution in [-0.2, 0) is 4.79 Å². The van der Waals surface area contributed by atoms with Crippen molar-refractivity contribution in [1.29, 1.82) is 0 Å². The Hall–Kier alpha value is -4.26. The van der Waals surface area contributed by atoms with Gasteiger partial charge in [-0.15, -0.1) is 0 Å². The Balaban J connectivity index is 1.56. The molecule has 1 fully saturated rings. The maximum atomic E-state index is 13.2. The van der Waals surface area contributed by atoms with Gasteiger partial charge in [-0.3, -0.25) is 9.69 Å². The van der Waals surface area contributed by atoms with Gasteiger partial charge in [-0.05, 0) is 24.3 Å². The number of methoxy groups -OCH3 is 2. The quantitative estimate of drug-likeness (QED) is 0.257. The van der Waals surface area contributed by atoms with Crippen LogP contribution < -0.4 is 40.5 Å². The number of amides is 3. The van der Waals surface area contributed by atoms with Gasteiger partial charge in [0, 0.05) is 51.0 Å². The summed E-state index contributed by atoms with van der Waals surface area (Å²) in [5, 5.41) is 12.3. The molecule has 0 radical (unpaired) electrons. The lowest BCUT2D eigenvalue weighted by molar-refractivity contribution is -0.111. The first-order chi connectivity index (χ1) is 19.7. The van der Waals surface area contributed by atoms with E-state index in [1.54, 1.807) is 6.07 Å². The molecule has 2 aromatic carbocycles. The molecule has 0 spiro atoms. The van der Waals surface area contributed by atoms with Gasteiger partial charge in [0.2, 0.25) is 5.91 Å². The molecule has 4 N–H and O–H groups in total. The Morgan fingerprint density at radius 3 is 2.34 bits per heavy atom. The van der Waals surface area contributed by atoms with Crippen LogP contribution in [0.3, 0.4) is 0 Å². The van der Waals surface area contributed by atoms with E-state index in [2.05, 4.69) is 42.7 Å². The number of urea groups is 1. The predicted octanol–water partition coefficient (Wildman–Crippen LogP) is 4.75. The molecule has 4 rings (SSSR count). The lowest BCUT2D eigenvalue weighted by atomic mass is 10.2. The summed E-state index contributed by atoms with van der Waals surface area (Å²) in [6.07, 6.45) is 2.52. The number of hydrogen-bond acceptors (Lipinski definition) is 9. The number of rotatable bonds is 9. The largest absolute Gasteiger partial charge is 0.495 e. The third kappa shape index (κ3) is 6.91. The van der Waals surface area contributed by atoms with Crippen LogP contribution in [0.4, 0.5) is 39.2 Å². The zero-order valence-corrected chi connectivity index (χ0v) is 24.3. The summed E-state index contributed by atoms with van der Waals surface area (Å²) < 4.78 is 10.5. The standard InChI is InChI=1S/C27H30Cl2N8O4/c1-5-23(38)34-18-12-16(37-10-8-30-9-11-37)6-7-17(18)33-21-14-22(32-15-31-21)36(2)27(39)35-26-24(28)19(40-3)13-20(41-4)25(26)29/h5-7,12-15,30H,1,8-11H2,2-4H3,(H,34,38)(H,35,39)(H,31,32,33). The van der Waals surface area contributed by atoms with Crippen molar-refractivity contribution in [3.8, 4) is 11.5 Å². The van der Waals surface area contributed by atoms with E-state index in [1.165, 1.54) is 44.6 Å². The highest BCUT2D eigenvalue weighted by Crippen LogP contribution is 2.44. The Kier molecular flexibility index (Phi) is 9.71. The zero-order valence-electron chi connectivity index (χ0n) is 22.8. The number of ether oxygens (including phenoxy) is 2. The topological polar surface area (TPSA) is 133 Å². The average Bonchev–Trinajstić information content (AvgIpc) is 3.00. The molecular formula is C27H30Cl2N8O4. The number of aromatic nitrogens is 2. The molecule has 0 atom stereocenters. The Labute approximate surface area is 247 Å². The Bertz CT molecular complexity index is 1420. The minimum Gasteiger partial charge on any atom is -0.495 e. The first-order valence-corrected chi connectivity index (χ1v) is 13.3. The first-order valence-electron chi connectivity index (χ1n) is 12.5.